The summed E-state index contributed by atoms with van der Waals surface area (Å²) >= 11 is 1.86. The minimum absolute atomic E-state index is 0.0175. The number of nitrogens with zero attached hydrogens (tertiary/aromatic N) is 1. The number of nitrogens with one attached hydrogen (secondary N) is 3. The van der Waals surface area contributed by atoms with Crippen LogP contribution in [0.1, 0.15) is 38.2 Å². The van der Waals surface area contributed by atoms with Crippen molar-refractivity contribution in [2.45, 2.75) is 50.2 Å². The maximum absolute atomic E-state index is 12.4. The molecule has 1 aromatic rings. The number of unbranched alkanes of at least 4 members (excludes halogenated alkanes) is 1. The van der Waals surface area contributed by atoms with E-state index < -0.39 is 10.0 Å². The summed E-state index contributed by atoms with van der Waals surface area (Å²) in [5.74, 6) is 1.96. The molecule has 0 aliphatic carbocycles. The van der Waals surface area contributed by atoms with Gasteiger partial charge in [-0.25, -0.2) is 18.1 Å². The lowest BCUT2D eigenvalue weighted by atomic mass is 10.2. The molecule has 164 valence electrons. The average molecular weight is 443 g/mol. The van der Waals surface area contributed by atoms with Crippen LogP contribution < -0.4 is 15.4 Å². The molecule has 1 heterocycles. The number of rotatable bonds is 12. The summed E-state index contributed by atoms with van der Waals surface area (Å²) in [7, 11) is -3.52. The number of thioether (sulfide) groups is 1. The number of guanidine groups is 1. The molecule has 0 amide bonds. The van der Waals surface area contributed by atoms with E-state index in [-0.39, 0.29) is 11.0 Å². The molecule has 1 saturated heterocycles. The van der Waals surface area contributed by atoms with E-state index in [1.54, 1.807) is 12.1 Å². The lowest BCUT2D eigenvalue weighted by Gasteiger charge is -2.12. The van der Waals surface area contributed by atoms with E-state index in [9.17, 15) is 8.42 Å². The first-order valence-electron chi connectivity index (χ1n) is 10.3. The quantitative estimate of drug-likeness (QED) is 0.261. The maximum Gasteiger partial charge on any atom is 0.240 e. The second-order valence-corrected chi connectivity index (χ2v) is 9.71. The predicted molar refractivity (Wildman–Crippen MR) is 121 cm³/mol. The molecule has 9 heteroatoms. The monoisotopic (exact) mass is 442 g/mol. The Morgan fingerprint density at radius 2 is 2.03 bits per heavy atom. The molecule has 1 unspecified atom stereocenters. The van der Waals surface area contributed by atoms with Crippen molar-refractivity contribution in [1.82, 2.24) is 15.4 Å². The zero-order valence-electron chi connectivity index (χ0n) is 17.4. The van der Waals surface area contributed by atoms with Gasteiger partial charge in [-0.15, -0.1) is 0 Å². The van der Waals surface area contributed by atoms with E-state index in [4.69, 9.17) is 4.74 Å². The lowest BCUT2D eigenvalue weighted by Crippen LogP contribution is -2.37. The average Bonchev–Trinajstić information content (AvgIpc) is 3.24. The van der Waals surface area contributed by atoms with Crippen molar-refractivity contribution >= 4 is 27.7 Å². The van der Waals surface area contributed by atoms with Crippen molar-refractivity contribution in [2.75, 3.05) is 38.2 Å². The van der Waals surface area contributed by atoms with Crippen LogP contribution >= 0.6 is 11.8 Å². The van der Waals surface area contributed by atoms with Gasteiger partial charge < -0.3 is 15.4 Å². The standard InChI is InChI=1S/C20H34N4O3S2/c1-3-21-20(22-12-4-5-14-28-2)23-15-17-8-10-19(11-9-17)29(25,26)24-16-18-7-6-13-27-18/h8-11,18,24H,3-7,12-16H2,1-2H3,(H2,21,22,23). The Balaban J connectivity index is 1.86. The van der Waals surface area contributed by atoms with Gasteiger partial charge in [0.15, 0.2) is 5.96 Å². The summed E-state index contributed by atoms with van der Waals surface area (Å²) in [6.45, 7) is 5.24. The van der Waals surface area contributed by atoms with E-state index in [0.29, 0.717) is 19.7 Å². The zero-order chi connectivity index (χ0) is 21.0. The first-order chi connectivity index (χ1) is 14.0. The highest BCUT2D eigenvalue weighted by Gasteiger charge is 2.20. The van der Waals surface area contributed by atoms with Crippen LogP contribution in [-0.2, 0) is 21.3 Å². The van der Waals surface area contributed by atoms with Gasteiger partial charge in [-0.3, -0.25) is 0 Å². The van der Waals surface area contributed by atoms with Crippen molar-refractivity contribution in [2.24, 2.45) is 4.99 Å². The van der Waals surface area contributed by atoms with Crippen molar-refractivity contribution in [3.8, 4) is 0 Å². The van der Waals surface area contributed by atoms with E-state index in [1.807, 2.05) is 30.8 Å². The Labute approximate surface area is 179 Å². The van der Waals surface area contributed by atoms with Gasteiger partial charge in [-0.2, -0.15) is 11.8 Å². The molecule has 0 radical (unpaired) electrons. The normalized spacial score (nSPS) is 17.4. The molecular formula is C20H34N4O3S2. The van der Waals surface area contributed by atoms with Crippen molar-refractivity contribution in [3.05, 3.63) is 29.8 Å². The Morgan fingerprint density at radius 1 is 1.24 bits per heavy atom. The molecule has 3 N–H and O–H groups in total. The van der Waals surface area contributed by atoms with Gasteiger partial charge in [0.2, 0.25) is 10.0 Å². The fraction of sp³-hybridized carbons (Fsp3) is 0.650. The van der Waals surface area contributed by atoms with E-state index >= 15 is 0 Å². The molecule has 1 fully saturated rings. The van der Waals surface area contributed by atoms with Gasteiger partial charge in [0.25, 0.3) is 0 Å². The summed E-state index contributed by atoms with van der Waals surface area (Å²) < 4.78 is 33.0. The molecule has 7 nitrogen and oxygen atoms in total. The Bertz CT molecular complexity index is 718. The molecule has 1 atom stereocenters. The van der Waals surface area contributed by atoms with E-state index in [1.165, 1.54) is 12.2 Å². The molecular weight excluding hydrogens is 408 g/mol. The van der Waals surface area contributed by atoms with Gasteiger partial charge in [0, 0.05) is 26.2 Å². The van der Waals surface area contributed by atoms with Crippen LogP contribution in [0.25, 0.3) is 0 Å². The maximum atomic E-state index is 12.4. The van der Waals surface area contributed by atoms with Crippen LogP contribution in [-0.4, -0.2) is 58.7 Å². The summed E-state index contributed by atoms with van der Waals surface area (Å²) in [4.78, 5) is 4.86. The molecule has 0 spiro atoms. The number of ether oxygens (including phenoxy) is 1. The third-order valence-corrected chi connectivity index (χ3v) is 6.73. The van der Waals surface area contributed by atoms with Gasteiger partial charge in [-0.1, -0.05) is 12.1 Å². The largest absolute Gasteiger partial charge is 0.377 e. The molecule has 0 bridgehead atoms. The SMILES string of the molecule is CCNC(=NCc1ccc(S(=O)(=O)NCC2CCCO2)cc1)NCCCCSC. The highest BCUT2D eigenvalue weighted by Crippen LogP contribution is 2.14. The van der Waals surface area contributed by atoms with E-state index in [0.717, 1.165) is 43.9 Å². The summed E-state index contributed by atoms with van der Waals surface area (Å²) in [6, 6.07) is 6.88. The number of hydrogen-bond acceptors (Lipinski definition) is 5. The molecule has 1 aromatic carbocycles. The highest BCUT2D eigenvalue weighted by atomic mass is 32.2. The number of benzene rings is 1. The lowest BCUT2D eigenvalue weighted by molar-refractivity contribution is 0.114. The van der Waals surface area contributed by atoms with E-state index in [2.05, 4.69) is 26.6 Å². The van der Waals surface area contributed by atoms with Crippen molar-refractivity contribution in [3.63, 3.8) is 0 Å². The first kappa shape index (κ1) is 24.0. The Morgan fingerprint density at radius 3 is 2.69 bits per heavy atom. The second kappa shape index (κ2) is 13.1. The fourth-order valence-electron chi connectivity index (χ4n) is 2.96. The zero-order valence-corrected chi connectivity index (χ0v) is 19.1. The summed E-state index contributed by atoms with van der Waals surface area (Å²) in [6.07, 6.45) is 6.29. The molecule has 2 rings (SSSR count). The van der Waals surface area contributed by atoms with Crippen LogP contribution in [0.15, 0.2) is 34.2 Å². The third-order valence-electron chi connectivity index (χ3n) is 4.59. The van der Waals surface area contributed by atoms with Gasteiger partial charge in [0.1, 0.15) is 0 Å². The minimum atomic E-state index is -3.52. The van der Waals surface area contributed by atoms with Crippen molar-refractivity contribution < 1.29 is 13.2 Å². The highest BCUT2D eigenvalue weighted by molar-refractivity contribution is 7.98. The molecule has 1 aliphatic rings. The van der Waals surface area contributed by atoms with Crippen LogP contribution in [0.3, 0.4) is 0 Å². The first-order valence-corrected chi connectivity index (χ1v) is 13.1. The number of hydrogen-bond donors (Lipinski definition) is 3. The number of aliphatic imine (C=N–C) groups is 1. The van der Waals surface area contributed by atoms with Crippen LogP contribution in [0.5, 0.6) is 0 Å². The molecule has 0 aromatic heterocycles. The second-order valence-electron chi connectivity index (χ2n) is 6.95. The predicted octanol–water partition coefficient (Wildman–Crippen LogP) is 2.34. The molecule has 1 aliphatic heterocycles. The Hall–Kier alpha value is -1.29. The van der Waals surface area contributed by atoms with Crippen LogP contribution in [0.2, 0.25) is 0 Å². The van der Waals surface area contributed by atoms with Crippen molar-refractivity contribution in [1.29, 1.82) is 0 Å². The third kappa shape index (κ3) is 8.94. The summed E-state index contributed by atoms with van der Waals surface area (Å²) in [5, 5.41) is 6.58. The van der Waals surface area contributed by atoms with Gasteiger partial charge in [0.05, 0.1) is 17.5 Å². The van der Waals surface area contributed by atoms with Crippen LogP contribution in [0.4, 0.5) is 0 Å². The summed E-state index contributed by atoms with van der Waals surface area (Å²) in [5.41, 5.74) is 0.961. The molecule has 0 saturated carbocycles. The topological polar surface area (TPSA) is 91.8 Å². The number of sulfonamides is 1. The Kier molecular flexibility index (Phi) is 10.8. The smallest absolute Gasteiger partial charge is 0.240 e. The minimum Gasteiger partial charge on any atom is -0.377 e. The van der Waals surface area contributed by atoms with Gasteiger partial charge in [-0.05, 0) is 62.3 Å². The molecule has 29 heavy (non-hydrogen) atoms. The van der Waals surface area contributed by atoms with Gasteiger partial charge >= 0.3 is 0 Å². The van der Waals surface area contributed by atoms with Crippen LogP contribution in [0, 0.1) is 0 Å². The fourth-order valence-corrected chi connectivity index (χ4v) is 4.51.